The predicted octanol–water partition coefficient (Wildman–Crippen LogP) is 2.22. The number of esters is 1. The van der Waals surface area contributed by atoms with E-state index in [0.29, 0.717) is 10.6 Å². The first-order valence-electron chi connectivity index (χ1n) is 5.90. The van der Waals surface area contributed by atoms with Gasteiger partial charge in [-0.15, -0.1) is 11.3 Å². The van der Waals surface area contributed by atoms with Gasteiger partial charge in [0.05, 0.1) is 7.11 Å². The lowest BCUT2D eigenvalue weighted by Gasteiger charge is -2.22. The molecule has 1 aromatic heterocycles. The van der Waals surface area contributed by atoms with Crippen molar-refractivity contribution < 1.29 is 19.1 Å². The molecule has 1 N–H and O–H groups in total. The predicted molar refractivity (Wildman–Crippen MR) is 73.6 cm³/mol. The fourth-order valence-corrected chi connectivity index (χ4v) is 2.10. The Kier molecular flexibility index (Phi) is 4.94. The lowest BCUT2D eigenvalue weighted by Crippen LogP contribution is -2.42. The summed E-state index contributed by atoms with van der Waals surface area (Å²) in [5.41, 5.74) is -0.573. The summed E-state index contributed by atoms with van der Waals surface area (Å²) in [6, 6.07) is 0.996. The van der Waals surface area contributed by atoms with Crippen molar-refractivity contribution in [1.29, 1.82) is 0 Å². The van der Waals surface area contributed by atoms with E-state index >= 15 is 0 Å². The Morgan fingerprint density at radius 1 is 1.37 bits per heavy atom. The summed E-state index contributed by atoms with van der Waals surface area (Å²) in [4.78, 5) is 24.2. The van der Waals surface area contributed by atoms with Gasteiger partial charge in [-0.2, -0.15) is 0 Å². The third kappa shape index (κ3) is 4.55. The number of methoxy groups -OCH3 is 1. The molecule has 1 rings (SSSR count). The van der Waals surface area contributed by atoms with Gasteiger partial charge in [-0.1, -0.05) is 0 Å². The van der Waals surface area contributed by atoms with Crippen LogP contribution in [-0.2, 0) is 9.53 Å². The van der Waals surface area contributed by atoms with E-state index in [-0.39, 0.29) is 5.91 Å². The molecule has 0 spiro atoms. The zero-order chi connectivity index (χ0) is 14.6. The maximum atomic E-state index is 12.0. The van der Waals surface area contributed by atoms with Crippen LogP contribution < -0.4 is 10.1 Å². The van der Waals surface area contributed by atoms with Gasteiger partial charge in [0.1, 0.15) is 22.3 Å². The van der Waals surface area contributed by atoms with Gasteiger partial charge in [-0.05, 0) is 39.1 Å². The number of carbonyl (C=O) groups is 2. The summed E-state index contributed by atoms with van der Waals surface area (Å²) in [7, 11) is 1.50. The Balaban J connectivity index is 2.64. The van der Waals surface area contributed by atoms with Crippen LogP contribution in [0, 0.1) is 0 Å². The van der Waals surface area contributed by atoms with Crippen LogP contribution in [0.2, 0.25) is 0 Å². The van der Waals surface area contributed by atoms with Crippen LogP contribution in [0.4, 0.5) is 0 Å². The Labute approximate surface area is 116 Å². The molecular formula is C13H19NO4S. The smallest absolute Gasteiger partial charge is 0.328 e. The highest BCUT2D eigenvalue weighted by molar-refractivity contribution is 7.12. The molecule has 0 radical (unpaired) electrons. The summed E-state index contributed by atoms with van der Waals surface area (Å²) in [6.45, 7) is 6.93. The van der Waals surface area contributed by atoms with Crippen molar-refractivity contribution in [3.63, 3.8) is 0 Å². The van der Waals surface area contributed by atoms with Crippen LogP contribution in [0.5, 0.6) is 5.75 Å². The van der Waals surface area contributed by atoms with Gasteiger partial charge in [0.25, 0.3) is 5.91 Å². The molecule has 0 saturated carbocycles. The van der Waals surface area contributed by atoms with Crippen molar-refractivity contribution in [2.24, 2.45) is 0 Å². The molecule has 1 atom stereocenters. The van der Waals surface area contributed by atoms with Crippen LogP contribution in [0.3, 0.4) is 0 Å². The monoisotopic (exact) mass is 285 g/mol. The van der Waals surface area contributed by atoms with Crippen LogP contribution in [0.15, 0.2) is 11.4 Å². The molecule has 106 valence electrons. The summed E-state index contributed by atoms with van der Waals surface area (Å²) in [6.07, 6.45) is 0. The SMILES string of the molecule is COc1ccsc1C(=O)N[C@@H](C)C(=O)OC(C)(C)C. The van der Waals surface area contributed by atoms with Crippen molar-refractivity contribution in [2.75, 3.05) is 7.11 Å². The van der Waals surface area contributed by atoms with Gasteiger partial charge < -0.3 is 14.8 Å². The fraction of sp³-hybridized carbons (Fsp3) is 0.538. The van der Waals surface area contributed by atoms with E-state index in [0.717, 1.165) is 0 Å². The quantitative estimate of drug-likeness (QED) is 0.861. The van der Waals surface area contributed by atoms with Crippen LogP contribution >= 0.6 is 11.3 Å². The van der Waals surface area contributed by atoms with Crippen molar-refractivity contribution in [2.45, 2.75) is 39.3 Å². The first kappa shape index (κ1) is 15.5. The van der Waals surface area contributed by atoms with Crippen LogP contribution in [0.1, 0.15) is 37.4 Å². The Bertz CT molecular complexity index is 461. The molecule has 1 amide bonds. The molecular weight excluding hydrogens is 266 g/mol. The highest BCUT2D eigenvalue weighted by atomic mass is 32.1. The molecule has 0 aliphatic carbocycles. The van der Waals surface area contributed by atoms with Gasteiger partial charge in [-0.25, -0.2) is 4.79 Å². The van der Waals surface area contributed by atoms with E-state index in [2.05, 4.69) is 5.32 Å². The molecule has 0 aromatic carbocycles. The lowest BCUT2D eigenvalue weighted by molar-refractivity contribution is -0.156. The van der Waals surface area contributed by atoms with E-state index in [1.807, 2.05) is 0 Å². The van der Waals surface area contributed by atoms with E-state index < -0.39 is 17.6 Å². The van der Waals surface area contributed by atoms with Crippen LogP contribution in [-0.4, -0.2) is 30.6 Å². The van der Waals surface area contributed by atoms with E-state index in [1.165, 1.54) is 18.4 Å². The van der Waals surface area contributed by atoms with Gasteiger partial charge in [0, 0.05) is 0 Å². The Morgan fingerprint density at radius 2 is 2.00 bits per heavy atom. The topological polar surface area (TPSA) is 64.6 Å². The lowest BCUT2D eigenvalue weighted by atomic mass is 10.2. The molecule has 19 heavy (non-hydrogen) atoms. The summed E-state index contributed by atoms with van der Waals surface area (Å²) < 4.78 is 10.3. The summed E-state index contributed by atoms with van der Waals surface area (Å²) in [5, 5.41) is 4.35. The molecule has 1 aromatic rings. The van der Waals surface area contributed by atoms with Gasteiger partial charge in [0.2, 0.25) is 0 Å². The molecule has 0 saturated heterocycles. The molecule has 0 aliphatic rings. The van der Waals surface area contributed by atoms with E-state index in [1.54, 1.807) is 39.1 Å². The number of amides is 1. The Hall–Kier alpha value is -1.56. The number of hydrogen-bond donors (Lipinski definition) is 1. The molecule has 6 heteroatoms. The zero-order valence-corrected chi connectivity index (χ0v) is 12.6. The summed E-state index contributed by atoms with van der Waals surface area (Å²) in [5.74, 6) is -0.305. The number of thiophene rings is 1. The van der Waals surface area contributed by atoms with Crippen molar-refractivity contribution >= 4 is 23.2 Å². The first-order valence-corrected chi connectivity index (χ1v) is 6.78. The maximum absolute atomic E-state index is 12.0. The maximum Gasteiger partial charge on any atom is 0.328 e. The highest BCUT2D eigenvalue weighted by Crippen LogP contribution is 2.24. The minimum Gasteiger partial charge on any atom is -0.495 e. The second-order valence-corrected chi connectivity index (χ2v) is 5.96. The van der Waals surface area contributed by atoms with Crippen molar-refractivity contribution in [1.82, 2.24) is 5.32 Å². The molecule has 1 heterocycles. The average Bonchev–Trinajstić information content (AvgIpc) is 2.74. The average molecular weight is 285 g/mol. The second kappa shape index (κ2) is 6.06. The van der Waals surface area contributed by atoms with E-state index in [9.17, 15) is 9.59 Å². The molecule has 0 bridgehead atoms. The standard InChI is InChI=1S/C13H19NO4S/c1-8(12(16)18-13(2,3)4)14-11(15)10-9(17-5)6-7-19-10/h6-8H,1-5H3,(H,14,15)/t8-/m0/s1. The minimum absolute atomic E-state index is 0.342. The molecule has 0 fully saturated rings. The van der Waals surface area contributed by atoms with E-state index in [4.69, 9.17) is 9.47 Å². The molecule has 0 aliphatic heterocycles. The van der Waals surface area contributed by atoms with Gasteiger partial charge in [-0.3, -0.25) is 4.79 Å². The summed E-state index contributed by atoms with van der Waals surface area (Å²) >= 11 is 1.26. The first-order chi connectivity index (χ1) is 8.74. The molecule has 5 nitrogen and oxygen atoms in total. The number of nitrogens with one attached hydrogen (secondary N) is 1. The third-order valence-corrected chi connectivity index (χ3v) is 3.06. The normalized spacial score (nSPS) is 12.7. The Morgan fingerprint density at radius 3 is 2.53 bits per heavy atom. The van der Waals surface area contributed by atoms with Crippen LogP contribution in [0.25, 0.3) is 0 Å². The highest BCUT2D eigenvalue weighted by Gasteiger charge is 2.24. The largest absolute Gasteiger partial charge is 0.495 e. The fourth-order valence-electron chi connectivity index (χ4n) is 1.34. The minimum atomic E-state index is -0.710. The number of carbonyl (C=O) groups excluding carboxylic acids is 2. The second-order valence-electron chi connectivity index (χ2n) is 5.05. The van der Waals surface area contributed by atoms with Crippen molar-refractivity contribution in [3.05, 3.63) is 16.3 Å². The molecule has 0 unspecified atom stereocenters. The number of hydrogen-bond acceptors (Lipinski definition) is 5. The number of ether oxygens (including phenoxy) is 2. The van der Waals surface area contributed by atoms with Gasteiger partial charge >= 0.3 is 5.97 Å². The third-order valence-electron chi connectivity index (χ3n) is 2.16. The zero-order valence-electron chi connectivity index (χ0n) is 11.8. The van der Waals surface area contributed by atoms with Crippen molar-refractivity contribution in [3.8, 4) is 5.75 Å². The van der Waals surface area contributed by atoms with Gasteiger partial charge in [0.15, 0.2) is 0 Å². The number of rotatable bonds is 4.